The summed E-state index contributed by atoms with van der Waals surface area (Å²) in [4.78, 5) is 39.9. The van der Waals surface area contributed by atoms with E-state index in [0.29, 0.717) is 0 Å². The first-order valence-electron chi connectivity index (χ1n) is 15.2. The molecule has 0 aromatic rings. The van der Waals surface area contributed by atoms with Crippen molar-refractivity contribution < 1.29 is 33.7 Å². The van der Waals surface area contributed by atoms with E-state index in [4.69, 9.17) is 14.2 Å². The lowest BCUT2D eigenvalue weighted by atomic mass is 9.46. The predicted molar refractivity (Wildman–Crippen MR) is 143 cm³/mol. The molecule has 4 saturated carbocycles. The highest BCUT2D eigenvalue weighted by molar-refractivity contribution is 5.99. The summed E-state index contributed by atoms with van der Waals surface area (Å²) in [6.07, 6.45) is 12.0. The fraction of sp³-hybridized carbons (Fsp3) is 0.781. The van der Waals surface area contributed by atoms with Gasteiger partial charge in [0.25, 0.3) is 0 Å². The molecular formula is C32H44O7. The van der Waals surface area contributed by atoms with Crippen LogP contribution in [0.4, 0.5) is 0 Å². The second-order valence-corrected chi connectivity index (χ2v) is 13.8. The van der Waals surface area contributed by atoms with Gasteiger partial charge in [-0.2, -0.15) is 0 Å². The van der Waals surface area contributed by atoms with Crippen LogP contribution in [-0.2, 0) is 28.6 Å². The lowest BCUT2D eigenvalue weighted by Crippen LogP contribution is -2.61. The van der Waals surface area contributed by atoms with Crippen molar-refractivity contribution in [3.8, 4) is 0 Å². The minimum Gasteiger partial charge on any atom is -0.508 e. The molecule has 1 aliphatic heterocycles. The molecule has 214 valence electrons. The largest absolute Gasteiger partial charge is 0.508 e. The first kappa shape index (κ1) is 27.2. The quantitative estimate of drug-likeness (QED) is 0.452. The Balaban J connectivity index is 1.33. The molecule has 6 aliphatic rings. The molecule has 0 amide bonds. The van der Waals surface area contributed by atoms with E-state index in [1.807, 2.05) is 0 Å². The Labute approximate surface area is 231 Å². The Morgan fingerprint density at radius 1 is 1.08 bits per heavy atom. The van der Waals surface area contributed by atoms with Gasteiger partial charge in [0.2, 0.25) is 5.78 Å². The van der Waals surface area contributed by atoms with Gasteiger partial charge >= 0.3 is 5.97 Å². The Hall–Kier alpha value is -1.99. The van der Waals surface area contributed by atoms with Gasteiger partial charge in [-0.25, -0.2) is 0 Å². The number of aliphatic hydroxyl groups is 1. The summed E-state index contributed by atoms with van der Waals surface area (Å²) in [5, 5.41) is 10.1. The molecule has 1 heterocycles. The molecule has 8 atom stereocenters. The van der Waals surface area contributed by atoms with Crippen molar-refractivity contribution in [1.29, 1.82) is 0 Å². The van der Waals surface area contributed by atoms with Gasteiger partial charge in [0.1, 0.15) is 5.76 Å². The molecule has 0 unspecified atom stereocenters. The van der Waals surface area contributed by atoms with Gasteiger partial charge in [-0.15, -0.1) is 0 Å². The number of esters is 1. The number of rotatable bonds is 5. The summed E-state index contributed by atoms with van der Waals surface area (Å²) < 4.78 is 19.1. The molecule has 5 aliphatic carbocycles. The van der Waals surface area contributed by atoms with Crippen LogP contribution in [0, 0.1) is 40.4 Å². The number of ketones is 2. The van der Waals surface area contributed by atoms with E-state index >= 15 is 0 Å². The Morgan fingerprint density at radius 2 is 1.82 bits per heavy atom. The van der Waals surface area contributed by atoms with Crippen LogP contribution in [0.1, 0.15) is 91.9 Å². The average molecular weight is 541 g/mol. The van der Waals surface area contributed by atoms with Crippen LogP contribution in [0.2, 0.25) is 0 Å². The number of Topliss-reactive ketones (excluding diaryl/α,β-unsaturated/α-hetero) is 1. The molecule has 0 spiro atoms. The number of carbonyl (C=O) groups excluding carboxylic acids is 3. The zero-order valence-electron chi connectivity index (χ0n) is 23.9. The summed E-state index contributed by atoms with van der Waals surface area (Å²) in [6.45, 7) is 7.49. The number of ether oxygens (including phenoxy) is 3. The number of aliphatic hydroxyl groups excluding tert-OH is 1. The third kappa shape index (κ3) is 3.85. The van der Waals surface area contributed by atoms with Crippen LogP contribution in [0.25, 0.3) is 0 Å². The van der Waals surface area contributed by atoms with Gasteiger partial charge < -0.3 is 19.3 Å². The topological polar surface area (TPSA) is 99.1 Å². The first-order chi connectivity index (χ1) is 18.5. The zero-order chi connectivity index (χ0) is 27.7. The van der Waals surface area contributed by atoms with E-state index in [2.05, 4.69) is 13.8 Å². The fourth-order valence-electron chi connectivity index (χ4n) is 9.60. The summed E-state index contributed by atoms with van der Waals surface area (Å²) in [6, 6.07) is 0. The molecule has 0 aromatic heterocycles. The van der Waals surface area contributed by atoms with Gasteiger partial charge in [-0.1, -0.05) is 45.6 Å². The van der Waals surface area contributed by atoms with Crippen LogP contribution in [-0.4, -0.2) is 47.2 Å². The van der Waals surface area contributed by atoms with Crippen molar-refractivity contribution in [2.24, 2.45) is 40.4 Å². The maximum atomic E-state index is 14.2. The van der Waals surface area contributed by atoms with Crippen LogP contribution < -0.4 is 0 Å². The molecule has 7 nitrogen and oxygen atoms in total. The second kappa shape index (κ2) is 9.54. The van der Waals surface area contributed by atoms with Crippen molar-refractivity contribution in [2.45, 2.75) is 110 Å². The molecule has 7 heteroatoms. The van der Waals surface area contributed by atoms with Crippen molar-refractivity contribution in [1.82, 2.24) is 0 Å². The number of hydrogen-bond donors (Lipinski definition) is 1. The number of hydrogen-bond acceptors (Lipinski definition) is 7. The van der Waals surface area contributed by atoms with E-state index in [9.17, 15) is 19.5 Å². The Morgan fingerprint density at radius 3 is 2.54 bits per heavy atom. The van der Waals surface area contributed by atoms with Gasteiger partial charge in [-0.3, -0.25) is 14.4 Å². The molecule has 1 N–H and O–H groups in total. The SMILES string of the molecule is CC(C)C(=O)OCC(=O)[C@@]12O[C@H](C3CCCCC3)O[C@H]1C[C@H]1[C@@H]3CCC4=CC(O)=CC(=O)[C@]4(C)[C@H]3CC[C@@]12C. The molecule has 6 rings (SSSR count). The van der Waals surface area contributed by atoms with Crippen LogP contribution in [0.5, 0.6) is 0 Å². The Kier molecular flexibility index (Phi) is 6.65. The van der Waals surface area contributed by atoms with E-state index in [1.165, 1.54) is 12.5 Å². The third-order valence-electron chi connectivity index (χ3n) is 11.7. The molecule has 0 radical (unpaired) electrons. The summed E-state index contributed by atoms with van der Waals surface area (Å²) in [5.41, 5.74) is -1.21. The molecule has 0 bridgehead atoms. The molecule has 39 heavy (non-hydrogen) atoms. The molecule has 1 saturated heterocycles. The maximum Gasteiger partial charge on any atom is 0.308 e. The average Bonchev–Trinajstić information content (AvgIpc) is 3.41. The van der Waals surface area contributed by atoms with Gasteiger partial charge in [0.05, 0.1) is 17.4 Å². The normalized spacial score (nSPS) is 43.6. The fourth-order valence-corrected chi connectivity index (χ4v) is 9.60. The van der Waals surface area contributed by atoms with Gasteiger partial charge in [-0.05, 0) is 75.7 Å². The molecule has 0 aromatic carbocycles. The number of carbonyl (C=O) groups is 3. The highest BCUT2D eigenvalue weighted by atomic mass is 16.7. The van der Waals surface area contributed by atoms with Gasteiger partial charge in [0.15, 0.2) is 24.3 Å². The van der Waals surface area contributed by atoms with Crippen molar-refractivity contribution in [3.63, 3.8) is 0 Å². The molecule has 5 fully saturated rings. The minimum absolute atomic E-state index is 0.00903. The van der Waals surface area contributed by atoms with E-state index in [0.717, 1.165) is 63.4 Å². The van der Waals surface area contributed by atoms with E-state index in [1.54, 1.807) is 19.9 Å². The van der Waals surface area contributed by atoms with Crippen molar-refractivity contribution in [2.75, 3.05) is 6.61 Å². The van der Waals surface area contributed by atoms with E-state index < -0.39 is 22.7 Å². The van der Waals surface area contributed by atoms with Crippen molar-refractivity contribution in [3.05, 3.63) is 23.5 Å². The number of fused-ring (bicyclic) bond motifs is 7. The second-order valence-electron chi connectivity index (χ2n) is 13.8. The first-order valence-corrected chi connectivity index (χ1v) is 15.2. The summed E-state index contributed by atoms with van der Waals surface area (Å²) in [5.74, 6) is 0.0135. The standard InChI is InChI=1S/C32H44O7/c1-18(2)28(36)37-17-26(35)32-27(38-29(39-32)19-8-6-5-7-9-19)16-24-22-11-10-20-14-21(33)15-25(34)31(20,4)23(22)12-13-30(24,32)3/h14-15,18-19,22-24,27,29,33H,5-13,16-17H2,1-4H3/t22-,23+,24+,27+,29-,30+,31+,32-/m1/s1. The predicted octanol–water partition coefficient (Wildman–Crippen LogP) is 5.62. The van der Waals surface area contributed by atoms with Crippen molar-refractivity contribution >= 4 is 17.5 Å². The smallest absolute Gasteiger partial charge is 0.308 e. The van der Waals surface area contributed by atoms with Gasteiger partial charge in [0, 0.05) is 17.4 Å². The lowest BCUT2D eigenvalue weighted by Gasteiger charge is -2.58. The minimum atomic E-state index is -1.15. The monoisotopic (exact) mass is 540 g/mol. The zero-order valence-corrected chi connectivity index (χ0v) is 23.9. The third-order valence-corrected chi connectivity index (χ3v) is 11.7. The van der Waals surface area contributed by atoms with Crippen LogP contribution >= 0.6 is 0 Å². The summed E-state index contributed by atoms with van der Waals surface area (Å²) >= 11 is 0. The molecular weight excluding hydrogens is 496 g/mol. The van der Waals surface area contributed by atoms with Crippen LogP contribution in [0.15, 0.2) is 23.5 Å². The van der Waals surface area contributed by atoms with Crippen LogP contribution in [0.3, 0.4) is 0 Å². The maximum absolute atomic E-state index is 14.2. The van der Waals surface area contributed by atoms with E-state index in [-0.39, 0.29) is 65.6 Å². The number of allylic oxidation sites excluding steroid dienone is 3. The Bertz CT molecular complexity index is 1120. The summed E-state index contributed by atoms with van der Waals surface area (Å²) in [7, 11) is 0. The highest BCUT2D eigenvalue weighted by Crippen LogP contribution is 2.70. The highest BCUT2D eigenvalue weighted by Gasteiger charge is 2.75. The lowest BCUT2D eigenvalue weighted by molar-refractivity contribution is -0.199.